The van der Waals surface area contributed by atoms with Gasteiger partial charge in [0.05, 0.1) is 11.6 Å². The molecule has 2 saturated heterocycles. The topological polar surface area (TPSA) is 66.4 Å². The number of hydrogen-bond acceptors (Lipinski definition) is 5. The van der Waals surface area contributed by atoms with Gasteiger partial charge in [-0.25, -0.2) is 0 Å². The van der Waals surface area contributed by atoms with E-state index in [0.717, 1.165) is 88.3 Å². The molecule has 8 heteroatoms. The van der Waals surface area contributed by atoms with Crippen molar-refractivity contribution in [1.82, 2.24) is 14.8 Å². The summed E-state index contributed by atoms with van der Waals surface area (Å²) in [5.41, 5.74) is 6.61. The van der Waals surface area contributed by atoms with Crippen LogP contribution >= 0.6 is 24.8 Å². The molecule has 2 fully saturated rings. The van der Waals surface area contributed by atoms with E-state index in [1.54, 1.807) is 0 Å². The van der Waals surface area contributed by atoms with Crippen LogP contribution in [0, 0.1) is 17.2 Å². The number of aromatic nitrogens is 1. The van der Waals surface area contributed by atoms with Crippen molar-refractivity contribution in [2.45, 2.75) is 51.5 Å². The Labute approximate surface area is 286 Å². The zero-order valence-corrected chi connectivity index (χ0v) is 28.3. The number of aryl methyl sites for hydroxylation is 1. The van der Waals surface area contributed by atoms with Crippen LogP contribution < -0.4 is 4.90 Å². The van der Waals surface area contributed by atoms with Gasteiger partial charge in [0, 0.05) is 67.5 Å². The number of piperidine rings is 1. The highest BCUT2D eigenvalue weighted by Crippen LogP contribution is 2.25. The number of Topliss-reactive ketones (excluding diaryl/α,β-unsaturated/α-hetero) is 1. The first-order chi connectivity index (χ1) is 21.6. The van der Waals surface area contributed by atoms with Crippen LogP contribution in [0.1, 0.15) is 65.6 Å². The van der Waals surface area contributed by atoms with E-state index in [1.807, 2.05) is 30.3 Å². The largest absolute Gasteiger partial charge is 0.369 e. The molecule has 0 radical (unpaired) electrons. The lowest BCUT2D eigenvalue weighted by Gasteiger charge is -2.36. The summed E-state index contributed by atoms with van der Waals surface area (Å²) in [7, 11) is 0. The molecule has 0 bridgehead atoms. The van der Waals surface area contributed by atoms with Crippen LogP contribution in [-0.4, -0.2) is 66.4 Å². The van der Waals surface area contributed by atoms with Crippen LogP contribution in [0.5, 0.6) is 0 Å². The van der Waals surface area contributed by atoms with Crippen molar-refractivity contribution in [2.24, 2.45) is 5.92 Å². The van der Waals surface area contributed by atoms with Gasteiger partial charge in [0.2, 0.25) is 0 Å². The molecule has 0 atom stereocenters. The summed E-state index contributed by atoms with van der Waals surface area (Å²) < 4.78 is 0. The van der Waals surface area contributed by atoms with E-state index >= 15 is 0 Å². The van der Waals surface area contributed by atoms with Crippen LogP contribution in [0.3, 0.4) is 0 Å². The quantitative estimate of drug-likeness (QED) is 0.124. The fraction of sp³-hybridized carbons (Fsp3) is 0.421. The van der Waals surface area contributed by atoms with Gasteiger partial charge >= 0.3 is 0 Å². The van der Waals surface area contributed by atoms with Crippen molar-refractivity contribution < 1.29 is 4.79 Å². The van der Waals surface area contributed by atoms with Gasteiger partial charge in [0.15, 0.2) is 5.78 Å². The Balaban J connectivity index is 0.00000240. The number of nitrogens with one attached hydrogen (secondary N) is 1. The smallest absolute Gasteiger partial charge is 0.162 e. The number of piperazine rings is 1. The molecule has 0 unspecified atom stereocenters. The Hall–Kier alpha value is -3.34. The number of nitriles is 1. The fourth-order valence-electron chi connectivity index (χ4n) is 6.95. The highest BCUT2D eigenvalue weighted by Gasteiger charge is 2.21. The molecule has 3 heterocycles. The summed E-state index contributed by atoms with van der Waals surface area (Å²) in [6, 6.07) is 27.2. The van der Waals surface area contributed by atoms with Gasteiger partial charge in [-0.3, -0.25) is 14.6 Å². The highest BCUT2D eigenvalue weighted by molar-refractivity contribution is 5.96. The number of likely N-dealkylation sites (tertiary alicyclic amines) is 1. The summed E-state index contributed by atoms with van der Waals surface area (Å²) in [4.78, 5) is 23.9. The van der Waals surface area contributed by atoms with E-state index in [4.69, 9.17) is 0 Å². The van der Waals surface area contributed by atoms with Gasteiger partial charge in [0.25, 0.3) is 0 Å². The molecule has 0 saturated carbocycles. The molecule has 2 aliphatic heterocycles. The van der Waals surface area contributed by atoms with Gasteiger partial charge in [-0.2, -0.15) is 5.26 Å². The third-order valence-electron chi connectivity index (χ3n) is 9.73. The maximum absolute atomic E-state index is 13.0. The lowest BCUT2D eigenvalue weighted by Crippen LogP contribution is -2.46. The first kappa shape index (κ1) is 35.5. The zero-order chi connectivity index (χ0) is 30.1. The van der Waals surface area contributed by atoms with E-state index in [-0.39, 0.29) is 30.6 Å². The minimum absolute atomic E-state index is 0. The number of halogens is 2. The average molecular weight is 661 g/mol. The molecule has 46 heavy (non-hydrogen) atoms. The number of carbonyl (C=O) groups is 1. The van der Waals surface area contributed by atoms with Crippen LogP contribution in [0.25, 0.3) is 10.9 Å². The monoisotopic (exact) mass is 659 g/mol. The summed E-state index contributed by atoms with van der Waals surface area (Å²) in [6.07, 6.45) is 9.50. The molecule has 2 aliphatic rings. The summed E-state index contributed by atoms with van der Waals surface area (Å²) in [5, 5.41) is 10.4. The zero-order valence-electron chi connectivity index (χ0n) is 26.7. The number of ketones is 1. The van der Waals surface area contributed by atoms with Crippen LogP contribution in [0.15, 0.2) is 79.0 Å². The van der Waals surface area contributed by atoms with Gasteiger partial charge in [-0.15, -0.1) is 24.8 Å². The number of benzene rings is 3. The van der Waals surface area contributed by atoms with Crippen molar-refractivity contribution in [3.05, 3.63) is 101 Å². The number of aromatic amines is 1. The molecule has 0 aliphatic carbocycles. The van der Waals surface area contributed by atoms with E-state index in [1.165, 1.54) is 41.5 Å². The molecular weight excluding hydrogens is 613 g/mol. The Bertz CT molecular complexity index is 1550. The second kappa shape index (κ2) is 17.5. The van der Waals surface area contributed by atoms with Crippen LogP contribution in [0.2, 0.25) is 0 Å². The number of carbonyl (C=O) groups excluding carboxylic acids is 1. The Morgan fingerprint density at radius 2 is 1.59 bits per heavy atom. The number of fused-ring (bicyclic) bond motifs is 1. The molecule has 4 aromatic rings. The molecular formula is C38H47Cl2N5O. The summed E-state index contributed by atoms with van der Waals surface area (Å²) >= 11 is 0. The minimum Gasteiger partial charge on any atom is -0.369 e. The Morgan fingerprint density at radius 3 is 2.30 bits per heavy atom. The predicted molar refractivity (Wildman–Crippen MR) is 194 cm³/mol. The van der Waals surface area contributed by atoms with Crippen molar-refractivity contribution in [1.29, 1.82) is 5.26 Å². The molecule has 6 nitrogen and oxygen atoms in total. The predicted octanol–water partition coefficient (Wildman–Crippen LogP) is 7.90. The van der Waals surface area contributed by atoms with E-state index < -0.39 is 0 Å². The number of H-pyrrole nitrogens is 1. The van der Waals surface area contributed by atoms with Crippen molar-refractivity contribution in [2.75, 3.05) is 50.7 Å². The number of nitrogens with zero attached hydrogens (tertiary/aromatic N) is 4. The van der Waals surface area contributed by atoms with Crippen molar-refractivity contribution in [3.63, 3.8) is 0 Å². The van der Waals surface area contributed by atoms with Crippen LogP contribution in [0.4, 0.5) is 5.69 Å². The third kappa shape index (κ3) is 9.36. The second-order valence-electron chi connectivity index (χ2n) is 12.7. The normalized spacial score (nSPS) is 16.0. The first-order valence-electron chi connectivity index (χ1n) is 16.5. The van der Waals surface area contributed by atoms with Gasteiger partial charge in [-0.05, 0) is 118 Å². The van der Waals surface area contributed by atoms with Gasteiger partial charge in [-0.1, -0.05) is 30.3 Å². The van der Waals surface area contributed by atoms with Crippen molar-refractivity contribution >= 4 is 47.2 Å². The van der Waals surface area contributed by atoms with E-state index in [0.29, 0.717) is 12.3 Å². The summed E-state index contributed by atoms with van der Waals surface area (Å²) in [6.45, 7) is 8.61. The molecule has 244 valence electrons. The maximum Gasteiger partial charge on any atom is 0.162 e. The first-order valence-corrected chi connectivity index (χ1v) is 16.5. The average Bonchev–Trinajstić information content (AvgIpc) is 3.49. The number of hydrogen-bond donors (Lipinski definition) is 1. The number of rotatable bonds is 12. The SMILES string of the molecule is Cl.Cl.N#Cc1ccc2[nH]cc(CCCCN3CCN(c4ccc(C(=O)CCC5CCN(Cc6ccccc6)CC5)cc4)CC3)c2c1. The minimum atomic E-state index is 0. The molecule has 6 rings (SSSR count). The fourth-order valence-corrected chi connectivity index (χ4v) is 6.95. The summed E-state index contributed by atoms with van der Waals surface area (Å²) in [5.74, 6) is 0.943. The maximum atomic E-state index is 13.0. The van der Waals surface area contributed by atoms with E-state index in [2.05, 4.69) is 74.4 Å². The number of unbranched alkanes of at least 4 members (excludes halogenated alkanes) is 1. The van der Waals surface area contributed by atoms with Crippen LogP contribution in [-0.2, 0) is 13.0 Å². The molecule has 0 amide bonds. The lowest BCUT2D eigenvalue weighted by atomic mass is 9.90. The van der Waals surface area contributed by atoms with Crippen molar-refractivity contribution in [3.8, 4) is 6.07 Å². The Kier molecular flexibility index (Phi) is 13.5. The molecule has 3 aromatic carbocycles. The van der Waals surface area contributed by atoms with Gasteiger partial charge < -0.3 is 9.88 Å². The molecule has 1 aromatic heterocycles. The molecule has 1 N–H and O–H groups in total. The van der Waals surface area contributed by atoms with Gasteiger partial charge in [0.1, 0.15) is 0 Å². The third-order valence-corrected chi connectivity index (χ3v) is 9.73. The van der Waals surface area contributed by atoms with E-state index in [9.17, 15) is 10.1 Å². The number of anilines is 1. The lowest BCUT2D eigenvalue weighted by molar-refractivity contribution is 0.0961. The standard InChI is InChI=1S/C38H45N5O.2ClH/c39-27-32-9-15-37-36(26-32)34(28-40-37)8-4-5-19-41-22-24-43(25-23-41)35-13-11-33(12-14-35)38(44)16-10-30-17-20-42(21-18-30)29-31-6-2-1-3-7-31;;/h1-3,6-7,9,11-15,26,28,30,40H,4-5,8,10,16-25,29H2;2*1H. The molecule has 0 spiro atoms. The second-order valence-corrected chi connectivity index (χ2v) is 12.7. The Morgan fingerprint density at radius 1 is 0.848 bits per heavy atom. The highest BCUT2D eigenvalue weighted by atomic mass is 35.5.